The highest BCUT2D eigenvalue weighted by Gasteiger charge is 2.34. The Bertz CT molecular complexity index is 1020. The predicted molar refractivity (Wildman–Crippen MR) is 129 cm³/mol. The van der Waals surface area contributed by atoms with Gasteiger partial charge in [-0.25, -0.2) is 9.59 Å². The number of hydrogen-bond donors (Lipinski definition) is 2. The number of carboxylic acids is 1. The van der Waals surface area contributed by atoms with E-state index >= 15 is 0 Å². The highest BCUT2D eigenvalue weighted by atomic mass is 32.2. The molecule has 2 N–H and O–H groups in total. The molecule has 2 aliphatic rings. The van der Waals surface area contributed by atoms with Crippen LogP contribution < -0.4 is 5.32 Å². The number of fused-ring (bicyclic) bond motifs is 3. The van der Waals surface area contributed by atoms with Crippen molar-refractivity contribution in [2.75, 3.05) is 38.3 Å². The third-order valence-corrected chi connectivity index (χ3v) is 6.84. The molecule has 0 bridgehead atoms. The first kappa shape index (κ1) is 24.1. The standard InChI is InChI=1S/C25H28N2O6S/c1-34-13-10-21(23(28)27-11-12-32-22(14-27)24(29)30)26-25(31)33-15-20-18-8-4-2-6-16(18)17-7-3-5-9-19(17)20/h2-9,20-22H,10-15H2,1H3,(H,26,31)(H,29,30). The smallest absolute Gasteiger partial charge is 0.407 e. The SMILES string of the molecule is CSCCC(NC(=O)OCC1c2ccccc2-c2ccccc21)C(=O)N1CCOC(C(=O)O)C1. The normalized spacial score (nSPS) is 18.0. The number of thioether (sulfide) groups is 1. The topological polar surface area (TPSA) is 105 Å². The summed E-state index contributed by atoms with van der Waals surface area (Å²) in [5.41, 5.74) is 4.50. The minimum absolute atomic E-state index is 0.0453. The summed E-state index contributed by atoms with van der Waals surface area (Å²) in [5.74, 6) is -0.846. The second-order valence-electron chi connectivity index (χ2n) is 8.29. The van der Waals surface area contributed by atoms with Crippen LogP contribution in [0, 0.1) is 0 Å². The number of carbonyl (C=O) groups is 3. The van der Waals surface area contributed by atoms with Crippen molar-refractivity contribution < 1.29 is 29.0 Å². The van der Waals surface area contributed by atoms with Crippen LogP contribution in [0.4, 0.5) is 4.79 Å². The highest BCUT2D eigenvalue weighted by molar-refractivity contribution is 7.98. The van der Waals surface area contributed by atoms with Gasteiger partial charge in [0.15, 0.2) is 6.10 Å². The molecule has 1 heterocycles. The molecule has 2 amide bonds. The molecule has 0 spiro atoms. The van der Waals surface area contributed by atoms with Crippen molar-refractivity contribution in [3.8, 4) is 11.1 Å². The number of amides is 2. The predicted octanol–water partition coefficient (Wildman–Crippen LogP) is 2.96. The van der Waals surface area contributed by atoms with Crippen molar-refractivity contribution in [1.29, 1.82) is 0 Å². The van der Waals surface area contributed by atoms with E-state index in [1.54, 1.807) is 11.8 Å². The van der Waals surface area contributed by atoms with Gasteiger partial charge in [0.2, 0.25) is 5.91 Å². The summed E-state index contributed by atoms with van der Waals surface area (Å²) >= 11 is 1.56. The second kappa shape index (κ2) is 10.9. The van der Waals surface area contributed by atoms with Crippen molar-refractivity contribution in [2.45, 2.75) is 24.5 Å². The summed E-state index contributed by atoms with van der Waals surface area (Å²) in [6.07, 6.45) is 0.612. The Morgan fingerprint density at radius 2 is 1.79 bits per heavy atom. The summed E-state index contributed by atoms with van der Waals surface area (Å²) in [7, 11) is 0. The van der Waals surface area contributed by atoms with Crippen LogP contribution in [0.5, 0.6) is 0 Å². The Hall–Kier alpha value is -3.04. The molecule has 0 radical (unpaired) electrons. The average Bonchev–Trinajstić information content (AvgIpc) is 3.18. The molecule has 4 rings (SSSR count). The first-order valence-corrected chi connectivity index (χ1v) is 12.6. The summed E-state index contributed by atoms with van der Waals surface area (Å²) in [5, 5.41) is 11.9. The number of ether oxygens (including phenoxy) is 2. The first-order chi connectivity index (χ1) is 16.5. The van der Waals surface area contributed by atoms with Gasteiger partial charge in [0.25, 0.3) is 0 Å². The minimum atomic E-state index is -1.11. The Morgan fingerprint density at radius 1 is 1.15 bits per heavy atom. The van der Waals surface area contributed by atoms with E-state index in [2.05, 4.69) is 17.4 Å². The fourth-order valence-electron chi connectivity index (χ4n) is 4.49. The van der Waals surface area contributed by atoms with Gasteiger partial charge in [-0.3, -0.25) is 4.79 Å². The quantitative estimate of drug-likeness (QED) is 0.594. The van der Waals surface area contributed by atoms with Crippen LogP contribution in [-0.4, -0.2) is 78.4 Å². The van der Waals surface area contributed by atoms with Crippen LogP contribution in [0.15, 0.2) is 48.5 Å². The van der Waals surface area contributed by atoms with E-state index in [1.807, 2.05) is 42.7 Å². The molecule has 2 unspecified atom stereocenters. The van der Waals surface area contributed by atoms with Crippen molar-refractivity contribution in [1.82, 2.24) is 10.2 Å². The number of nitrogens with one attached hydrogen (secondary N) is 1. The zero-order valence-electron chi connectivity index (χ0n) is 18.9. The first-order valence-electron chi connectivity index (χ1n) is 11.2. The van der Waals surface area contributed by atoms with Gasteiger partial charge in [-0.15, -0.1) is 0 Å². The summed E-state index contributed by atoms with van der Waals surface area (Å²) < 4.78 is 10.8. The molecule has 2 aromatic rings. The van der Waals surface area contributed by atoms with Gasteiger partial charge in [-0.05, 0) is 40.7 Å². The van der Waals surface area contributed by atoms with Crippen LogP contribution in [0.25, 0.3) is 11.1 Å². The lowest BCUT2D eigenvalue weighted by Gasteiger charge is -2.33. The maximum atomic E-state index is 13.1. The average molecular weight is 485 g/mol. The molecule has 34 heavy (non-hydrogen) atoms. The Morgan fingerprint density at radius 3 is 2.41 bits per heavy atom. The number of hydrogen-bond acceptors (Lipinski definition) is 6. The number of alkyl carbamates (subject to hydrolysis) is 1. The van der Waals surface area contributed by atoms with Gasteiger partial charge in [-0.2, -0.15) is 11.8 Å². The molecular formula is C25H28N2O6S. The summed E-state index contributed by atoms with van der Waals surface area (Å²) in [6, 6.07) is 15.4. The number of aliphatic carboxylic acids is 1. The van der Waals surface area contributed by atoms with Gasteiger partial charge in [0.1, 0.15) is 12.6 Å². The monoisotopic (exact) mass is 484 g/mol. The van der Waals surface area contributed by atoms with Crippen LogP contribution in [0.2, 0.25) is 0 Å². The van der Waals surface area contributed by atoms with E-state index in [-0.39, 0.29) is 38.1 Å². The molecule has 9 heteroatoms. The summed E-state index contributed by atoms with van der Waals surface area (Å²) in [4.78, 5) is 38.5. The van der Waals surface area contributed by atoms with Crippen molar-refractivity contribution in [2.24, 2.45) is 0 Å². The highest BCUT2D eigenvalue weighted by Crippen LogP contribution is 2.44. The number of carbonyl (C=O) groups excluding carboxylic acids is 2. The molecule has 1 saturated heterocycles. The van der Waals surface area contributed by atoms with E-state index in [0.717, 1.165) is 22.3 Å². The van der Waals surface area contributed by atoms with E-state index in [1.165, 1.54) is 4.90 Å². The number of benzene rings is 2. The van der Waals surface area contributed by atoms with Crippen molar-refractivity contribution >= 4 is 29.7 Å². The van der Waals surface area contributed by atoms with Crippen LogP contribution in [0.3, 0.4) is 0 Å². The molecule has 180 valence electrons. The molecule has 1 aliphatic carbocycles. The van der Waals surface area contributed by atoms with Gasteiger partial charge in [-0.1, -0.05) is 48.5 Å². The fourth-order valence-corrected chi connectivity index (χ4v) is 4.97. The molecule has 8 nitrogen and oxygen atoms in total. The Kier molecular flexibility index (Phi) is 7.74. The fraction of sp³-hybridized carbons (Fsp3) is 0.400. The van der Waals surface area contributed by atoms with Crippen LogP contribution >= 0.6 is 11.8 Å². The van der Waals surface area contributed by atoms with Crippen LogP contribution in [-0.2, 0) is 19.1 Å². The maximum absolute atomic E-state index is 13.1. The molecule has 2 atom stereocenters. The zero-order valence-corrected chi connectivity index (χ0v) is 19.8. The van der Waals surface area contributed by atoms with Crippen molar-refractivity contribution in [3.63, 3.8) is 0 Å². The van der Waals surface area contributed by atoms with Gasteiger partial charge in [0, 0.05) is 12.5 Å². The van der Waals surface area contributed by atoms with Gasteiger partial charge < -0.3 is 24.8 Å². The number of nitrogens with zero attached hydrogens (tertiary/aromatic N) is 1. The molecule has 0 aromatic heterocycles. The second-order valence-corrected chi connectivity index (χ2v) is 9.27. The van der Waals surface area contributed by atoms with E-state index in [4.69, 9.17) is 9.47 Å². The lowest BCUT2D eigenvalue weighted by atomic mass is 9.98. The zero-order chi connectivity index (χ0) is 24.1. The largest absolute Gasteiger partial charge is 0.479 e. The number of rotatable bonds is 8. The Labute approximate surface area is 202 Å². The van der Waals surface area contributed by atoms with Gasteiger partial charge in [0.05, 0.1) is 13.2 Å². The third-order valence-electron chi connectivity index (χ3n) is 6.20. The van der Waals surface area contributed by atoms with E-state index in [9.17, 15) is 19.5 Å². The number of carboxylic acid groups (broad SMARTS) is 1. The van der Waals surface area contributed by atoms with Gasteiger partial charge >= 0.3 is 12.1 Å². The molecule has 1 aliphatic heterocycles. The van der Waals surface area contributed by atoms with E-state index in [0.29, 0.717) is 12.2 Å². The van der Waals surface area contributed by atoms with Crippen molar-refractivity contribution in [3.05, 3.63) is 59.7 Å². The molecule has 1 fully saturated rings. The summed E-state index contributed by atoms with van der Waals surface area (Å²) in [6.45, 7) is 0.534. The molecular weight excluding hydrogens is 456 g/mol. The molecule has 2 aromatic carbocycles. The lowest BCUT2D eigenvalue weighted by molar-refractivity contribution is -0.160. The lowest BCUT2D eigenvalue weighted by Crippen LogP contribution is -2.55. The minimum Gasteiger partial charge on any atom is -0.479 e. The molecule has 0 saturated carbocycles. The number of morpholine rings is 1. The van der Waals surface area contributed by atoms with E-state index < -0.39 is 24.2 Å². The third kappa shape index (κ3) is 5.20. The maximum Gasteiger partial charge on any atom is 0.407 e. The van der Waals surface area contributed by atoms with Crippen LogP contribution in [0.1, 0.15) is 23.5 Å². The Balaban J connectivity index is 1.41.